The Hall–Kier alpha value is -3.86. The number of esters is 4. The molecular weight excluding hydrogens is 993 g/mol. The van der Waals surface area contributed by atoms with E-state index in [-0.39, 0.29) is 49.4 Å². The van der Waals surface area contributed by atoms with Crippen LogP contribution < -0.4 is 10.6 Å². The molecule has 0 aliphatic heterocycles. The number of carbonyl (C=O) groups excluding carboxylic acids is 6. The Kier molecular flexibility index (Phi) is 46.6. The smallest absolute Gasteiger partial charge is 0.306 e. The minimum Gasteiger partial charge on any atom is -0.460 e. The van der Waals surface area contributed by atoms with Crippen LogP contribution in [0.3, 0.4) is 0 Å². The maximum absolute atomic E-state index is 12.6. The van der Waals surface area contributed by atoms with E-state index < -0.39 is 36.4 Å². The van der Waals surface area contributed by atoms with Crippen LogP contribution >= 0.6 is 0 Å². The third kappa shape index (κ3) is 50.4. The van der Waals surface area contributed by atoms with Crippen molar-refractivity contribution in [3.05, 3.63) is 24.3 Å². The highest BCUT2D eigenvalue weighted by atomic mass is 16.6. The minimum absolute atomic E-state index is 0.110. The molecule has 16 heteroatoms. The molecule has 78 heavy (non-hydrogen) atoms. The van der Waals surface area contributed by atoms with Crippen LogP contribution in [-0.2, 0) is 47.7 Å². The Balaban J connectivity index is 3.97. The number of nitrogens with zero attached hydrogens (tertiary/aromatic N) is 2. The number of hydrogen-bond donors (Lipinski definition) is 4. The number of allylic oxidation sites excluding steroid dienone is 2. The summed E-state index contributed by atoms with van der Waals surface area (Å²) in [7, 11) is 12.2. The number of likely N-dealkylation sites (N-methyl/N-ethyl adjacent to an activating group) is 2. The number of ether oxygens (including phenoxy) is 4. The molecule has 0 bridgehead atoms. The highest BCUT2D eigenvalue weighted by Crippen LogP contribution is 2.18. The van der Waals surface area contributed by atoms with E-state index in [0.29, 0.717) is 86.6 Å². The predicted octanol–water partition coefficient (Wildman–Crippen LogP) is 10.7. The monoisotopic (exact) mass is 1110 g/mol. The van der Waals surface area contributed by atoms with Crippen molar-refractivity contribution in [2.45, 2.75) is 257 Å². The summed E-state index contributed by atoms with van der Waals surface area (Å²) in [6.07, 6.45) is 31.6. The number of quaternary nitrogens is 2. The fourth-order valence-electron chi connectivity index (χ4n) is 8.47. The Bertz CT molecular complexity index is 1490. The van der Waals surface area contributed by atoms with Gasteiger partial charge in [0.05, 0.1) is 54.5 Å². The summed E-state index contributed by atoms with van der Waals surface area (Å²) in [5, 5.41) is 27.8. The van der Waals surface area contributed by atoms with E-state index in [2.05, 4.69) is 36.6 Å². The number of nitrogens with one attached hydrogen (secondary N) is 2. The first-order chi connectivity index (χ1) is 37.3. The van der Waals surface area contributed by atoms with Crippen molar-refractivity contribution in [3.63, 3.8) is 0 Å². The van der Waals surface area contributed by atoms with Gasteiger partial charge in [0, 0.05) is 51.6 Å². The fraction of sp³-hybridized carbons (Fsp3) is 0.839. The molecule has 0 fully saturated rings. The largest absolute Gasteiger partial charge is 0.460 e. The first-order valence-corrected chi connectivity index (χ1v) is 30.8. The van der Waals surface area contributed by atoms with Crippen LogP contribution in [0.1, 0.15) is 232 Å². The van der Waals surface area contributed by atoms with Crippen molar-refractivity contribution >= 4 is 35.7 Å². The predicted molar refractivity (Wildman–Crippen MR) is 312 cm³/mol. The molecule has 0 rings (SSSR count). The summed E-state index contributed by atoms with van der Waals surface area (Å²) in [4.78, 5) is 73.8. The van der Waals surface area contributed by atoms with Crippen LogP contribution in [0, 0.1) is 0 Å². The van der Waals surface area contributed by atoms with Gasteiger partial charge in [0.1, 0.15) is 38.5 Å². The molecule has 4 N–H and O–H groups in total. The number of carbonyl (C=O) groups is 6. The first-order valence-electron chi connectivity index (χ1n) is 30.8. The number of aliphatic hydroxyl groups is 2. The van der Waals surface area contributed by atoms with Crippen molar-refractivity contribution in [2.24, 2.45) is 0 Å². The lowest BCUT2D eigenvalue weighted by Crippen LogP contribution is -2.38. The maximum atomic E-state index is 12.6. The van der Waals surface area contributed by atoms with Crippen LogP contribution in [-0.4, -0.2) is 161 Å². The summed E-state index contributed by atoms with van der Waals surface area (Å²) >= 11 is 0. The highest BCUT2D eigenvalue weighted by Gasteiger charge is 2.24. The number of unbranched alkanes of at least 4 members (excludes halogenated alkanes) is 17. The molecule has 0 saturated carbocycles. The molecule has 0 aromatic rings. The van der Waals surface area contributed by atoms with Gasteiger partial charge in [-0.1, -0.05) is 115 Å². The van der Waals surface area contributed by atoms with Crippen molar-refractivity contribution in [1.82, 2.24) is 10.6 Å². The summed E-state index contributed by atoms with van der Waals surface area (Å²) in [5.41, 5.74) is 0. The molecule has 2 amide bonds. The summed E-state index contributed by atoms with van der Waals surface area (Å²) in [6.45, 7) is 7.73. The third-order valence-corrected chi connectivity index (χ3v) is 13.6. The SMILES string of the molecule is CCCCCC(OC(=O)CCCC(=O)OCC[N+](C)(C)C)C(O)C/C=C/CCCCCCCC(=O)NCCCCCCNC(=O)CCCCCCC/C=C/CC(O)C(CCCCC)OC(=O)CCCC(=O)OCC[N+](C)(C)C. The van der Waals surface area contributed by atoms with Gasteiger partial charge in [0.2, 0.25) is 11.8 Å². The first kappa shape index (κ1) is 74.1. The number of hydrogen-bond acceptors (Lipinski definition) is 12. The lowest BCUT2D eigenvalue weighted by molar-refractivity contribution is -0.870. The van der Waals surface area contributed by atoms with Gasteiger partial charge >= 0.3 is 23.9 Å². The minimum atomic E-state index is -0.772. The van der Waals surface area contributed by atoms with Gasteiger partial charge in [-0.2, -0.15) is 0 Å². The van der Waals surface area contributed by atoms with Crippen LogP contribution in [0.5, 0.6) is 0 Å². The van der Waals surface area contributed by atoms with Crippen molar-refractivity contribution in [2.75, 3.05) is 81.7 Å². The van der Waals surface area contributed by atoms with E-state index in [9.17, 15) is 39.0 Å². The third-order valence-electron chi connectivity index (χ3n) is 13.6. The quantitative estimate of drug-likeness (QED) is 0.0148. The second kappa shape index (κ2) is 49.0. The van der Waals surface area contributed by atoms with Gasteiger partial charge in [-0.25, -0.2) is 0 Å². The lowest BCUT2D eigenvalue weighted by atomic mass is 10.0. The summed E-state index contributed by atoms with van der Waals surface area (Å²) in [5.74, 6) is -1.18. The molecule has 0 aromatic heterocycles. The number of aliphatic hydroxyl groups excluding tert-OH is 2. The topological polar surface area (TPSA) is 204 Å². The molecule has 0 aliphatic rings. The second-order valence-corrected chi connectivity index (χ2v) is 23.5. The molecule has 0 aliphatic carbocycles. The van der Waals surface area contributed by atoms with E-state index in [1.54, 1.807) is 0 Å². The number of rotatable bonds is 53. The fourth-order valence-corrected chi connectivity index (χ4v) is 8.47. The Morgan fingerprint density at radius 3 is 1.13 bits per heavy atom. The second-order valence-electron chi connectivity index (χ2n) is 23.5. The van der Waals surface area contributed by atoms with E-state index in [4.69, 9.17) is 18.9 Å². The van der Waals surface area contributed by atoms with E-state index in [1.807, 2.05) is 54.4 Å². The Labute approximate surface area is 474 Å². The average molecular weight is 1110 g/mol. The van der Waals surface area contributed by atoms with Gasteiger partial charge in [-0.05, 0) is 103 Å². The van der Waals surface area contributed by atoms with Crippen molar-refractivity contribution < 1.29 is 66.9 Å². The molecule has 0 saturated heterocycles. The van der Waals surface area contributed by atoms with E-state index in [0.717, 1.165) is 154 Å². The Morgan fingerprint density at radius 2 is 0.756 bits per heavy atom. The zero-order chi connectivity index (χ0) is 58.1. The van der Waals surface area contributed by atoms with Crippen LogP contribution in [0.2, 0.25) is 0 Å². The summed E-state index contributed by atoms with van der Waals surface area (Å²) < 4.78 is 23.3. The zero-order valence-corrected chi connectivity index (χ0v) is 50.8. The summed E-state index contributed by atoms with van der Waals surface area (Å²) in [6, 6.07) is 0. The molecule has 454 valence electrons. The van der Waals surface area contributed by atoms with E-state index in [1.165, 1.54) is 0 Å². The number of amides is 2. The van der Waals surface area contributed by atoms with Crippen LogP contribution in [0.15, 0.2) is 24.3 Å². The molecule has 16 nitrogen and oxygen atoms in total. The lowest BCUT2D eigenvalue weighted by Gasteiger charge is -2.23. The zero-order valence-electron chi connectivity index (χ0n) is 50.8. The van der Waals surface area contributed by atoms with Gasteiger partial charge in [0.25, 0.3) is 0 Å². The van der Waals surface area contributed by atoms with Gasteiger partial charge < -0.3 is 48.8 Å². The molecular formula is C62H116N4O12+2. The molecule has 0 spiro atoms. The molecule has 0 radical (unpaired) electrons. The van der Waals surface area contributed by atoms with Gasteiger partial charge in [-0.15, -0.1) is 0 Å². The van der Waals surface area contributed by atoms with Crippen LogP contribution in [0.25, 0.3) is 0 Å². The standard InChI is InChI=1S/C62H114N4O12/c1-9-11-27-39-55(77-61(73)45-35-43-59(71)75-51-49-65(3,4)5)53(67)37-29-21-17-13-15-19-23-31-41-57(69)63-47-33-25-26-34-48-64-58(70)42-32-24-20-16-14-18-22-30-38-54(68)56(40-28-12-10-2)78-62(74)46-36-44-60(72)76-52-50-66(6,7)8/h21-22,29-30,53-56,67-68H,9-20,23-28,31-52H2,1-8H3/p+2/b29-21+,30-22+. The molecule has 0 aromatic carbocycles. The highest BCUT2D eigenvalue weighted by molar-refractivity contribution is 5.76. The maximum Gasteiger partial charge on any atom is 0.306 e. The average Bonchev–Trinajstić information content (AvgIpc) is 3.36. The van der Waals surface area contributed by atoms with E-state index >= 15 is 0 Å². The Morgan fingerprint density at radius 1 is 0.410 bits per heavy atom. The van der Waals surface area contributed by atoms with Crippen molar-refractivity contribution in [1.29, 1.82) is 0 Å². The van der Waals surface area contributed by atoms with Crippen LogP contribution in [0.4, 0.5) is 0 Å². The van der Waals surface area contributed by atoms with Gasteiger partial charge in [0.15, 0.2) is 0 Å². The molecule has 4 unspecified atom stereocenters. The van der Waals surface area contributed by atoms with Crippen molar-refractivity contribution in [3.8, 4) is 0 Å². The normalized spacial score (nSPS) is 13.5. The molecule has 4 atom stereocenters. The van der Waals surface area contributed by atoms with Gasteiger partial charge in [-0.3, -0.25) is 28.8 Å². The molecule has 0 heterocycles.